The Balaban J connectivity index is 2.97. The maximum Gasteiger partial charge on any atom is 0.341 e. The van der Waals surface area contributed by atoms with Crippen LogP contribution in [0.1, 0.15) is 26.3 Å². The summed E-state index contributed by atoms with van der Waals surface area (Å²) in [4.78, 5) is 10.4. The molecule has 1 aromatic rings. The van der Waals surface area contributed by atoms with Gasteiger partial charge < -0.3 is 14.6 Å². The molecular formula is C13H18O4. The summed E-state index contributed by atoms with van der Waals surface area (Å²) in [6.07, 6.45) is 0. The van der Waals surface area contributed by atoms with Crippen molar-refractivity contribution < 1.29 is 19.4 Å². The molecule has 17 heavy (non-hydrogen) atoms. The molecule has 0 aliphatic heterocycles. The molecule has 1 aromatic carbocycles. The summed E-state index contributed by atoms with van der Waals surface area (Å²) in [5, 5.41) is 8.56. The van der Waals surface area contributed by atoms with E-state index in [1.165, 1.54) is 7.11 Å². The van der Waals surface area contributed by atoms with Crippen LogP contribution < -0.4 is 9.47 Å². The molecule has 0 aliphatic carbocycles. The molecule has 0 amide bonds. The molecule has 0 aromatic heterocycles. The van der Waals surface area contributed by atoms with Crippen LogP contribution in [0.15, 0.2) is 18.2 Å². The molecule has 0 saturated carbocycles. The lowest BCUT2D eigenvalue weighted by Gasteiger charge is -2.20. The first-order chi connectivity index (χ1) is 7.84. The van der Waals surface area contributed by atoms with Crippen molar-refractivity contribution in [2.75, 3.05) is 13.7 Å². The smallest absolute Gasteiger partial charge is 0.341 e. The van der Waals surface area contributed by atoms with Gasteiger partial charge >= 0.3 is 5.97 Å². The second-order valence-corrected chi connectivity index (χ2v) is 4.80. The Kier molecular flexibility index (Phi) is 3.99. The number of carbonyl (C=O) groups is 1. The quantitative estimate of drug-likeness (QED) is 0.875. The van der Waals surface area contributed by atoms with Gasteiger partial charge in [0, 0.05) is 0 Å². The second-order valence-electron chi connectivity index (χ2n) is 4.80. The van der Waals surface area contributed by atoms with Gasteiger partial charge in [0.2, 0.25) is 0 Å². The van der Waals surface area contributed by atoms with E-state index < -0.39 is 5.97 Å². The van der Waals surface area contributed by atoms with Crippen molar-refractivity contribution in [1.29, 1.82) is 0 Å². The lowest BCUT2D eigenvalue weighted by atomic mass is 9.87. The first-order valence-corrected chi connectivity index (χ1v) is 5.37. The third kappa shape index (κ3) is 3.66. The Labute approximate surface area is 101 Å². The summed E-state index contributed by atoms with van der Waals surface area (Å²) < 4.78 is 10.3. The van der Waals surface area contributed by atoms with Crippen LogP contribution in [0, 0.1) is 0 Å². The zero-order chi connectivity index (χ0) is 13.1. The summed E-state index contributed by atoms with van der Waals surface area (Å²) in [6.45, 7) is 5.92. The number of ether oxygens (including phenoxy) is 2. The normalized spacial score (nSPS) is 11.1. The Morgan fingerprint density at radius 1 is 1.29 bits per heavy atom. The Bertz CT molecular complexity index is 404. The predicted molar refractivity (Wildman–Crippen MR) is 64.8 cm³/mol. The zero-order valence-electron chi connectivity index (χ0n) is 10.6. The minimum atomic E-state index is -1.01. The van der Waals surface area contributed by atoms with Crippen molar-refractivity contribution in [2.24, 2.45) is 0 Å². The molecule has 1 rings (SSSR count). The van der Waals surface area contributed by atoms with Crippen LogP contribution in [-0.2, 0) is 10.2 Å². The van der Waals surface area contributed by atoms with Gasteiger partial charge in [-0.2, -0.15) is 0 Å². The molecule has 0 fully saturated rings. The third-order valence-electron chi connectivity index (χ3n) is 2.38. The van der Waals surface area contributed by atoms with Gasteiger partial charge in [-0.1, -0.05) is 26.8 Å². The maximum atomic E-state index is 10.4. The van der Waals surface area contributed by atoms with Crippen molar-refractivity contribution in [1.82, 2.24) is 0 Å². The summed E-state index contributed by atoms with van der Waals surface area (Å²) in [6, 6.07) is 5.53. The lowest BCUT2D eigenvalue weighted by molar-refractivity contribution is -0.139. The highest BCUT2D eigenvalue weighted by Crippen LogP contribution is 2.32. The fraction of sp³-hybridized carbons (Fsp3) is 0.462. The standard InChI is InChI=1S/C13H18O4/c1-13(2,3)9-5-6-10(11(7-9)16-4)17-8-12(14)15/h5-7H,8H2,1-4H3,(H,14,15). The minimum Gasteiger partial charge on any atom is -0.493 e. The van der Waals surface area contributed by atoms with Crippen LogP contribution in [0.3, 0.4) is 0 Å². The highest BCUT2D eigenvalue weighted by atomic mass is 16.5. The topological polar surface area (TPSA) is 55.8 Å². The van der Waals surface area contributed by atoms with Crippen molar-refractivity contribution in [3.63, 3.8) is 0 Å². The molecule has 1 N–H and O–H groups in total. The summed E-state index contributed by atoms with van der Waals surface area (Å²) >= 11 is 0. The number of benzene rings is 1. The lowest BCUT2D eigenvalue weighted by Crippen LogP contribution is -2.13. The Hall–Kier alpha value is -1.71. The van der Waals surface area contributed by atoms with Crippen LogP contribution in [0.2, 0.25) is 0 Å². The average molecular weight is 238 g/mol. The van der Waals surface area contributed by atoms with Crippen LogP contribution in [0.4, 0.5) is 0 Å². The van der Waals surface area contributed by atoms with E-state index >= 15 is 0 Å². The molecule has 0 saturated heterocycles. The van der Waals surface area contributed by atoms with Gasteiger partial charge in [-0.15, -0.1) is 0 Å². The molecule has 0 bridgehead atoms. The molecular weight excluding hydrogens is 220 g/mol. The number of hydrogen-bond donors (Lipinski definition) is 1. The van der Waals surface area contributed by atoms with E-state index in [2.05, 4.69) is 20.8 Å². The van der Waals surface area contributed by atoms with E-state index in [0.717, 1.165) is 5.56 Å². The van der Waals surface area contributed by atoms with Crippen molar-refractivity contribution in [3.05, 3.63) is 23.8 Å². The van der Waals surface area contributed by atoms with Gasteiger partial charge in [0.25, 0.3) is 0 Å². The van der Waals surface area contributed by atoms with Crippen LogP contribution >= 0.6 is 0 Å². The molecule has 0 unspecified atom stereocenters. The Morgan fingerprint density at radius 3 is 2.41 bits per heavy atom. The summed E-state index contributed by atoms with van der Waals surface area (Å²) in [7, 11) is 1.54. The van der Waals surface area contributed by atoms with E-state index in [-0.39, 0.29) is 12.0 Å². The first kappa shape index (κ1) is 13.4. The summed E-state index contributed by atoms with van der Waals surface area (Å²) in [5.41, 5.74) is 1.12. The fourth-order valence-corrected chi connectivity index (χ4v) is 1.39. The molecule has 0 aliphatic rings. The molecule has 0 radical (unpaired) electrons. The van der Waals surface area contributed by atoms with Gasteiger partial charge in [0.1, 0.15) is 0 Å². The van der Waals surface area contributed by atoms with E-state index in [0.29, 0.717) is 11.5 Å². The van der Waals surface area contributed by atoms with E-state index in [1.54, 1.807) is 6.07 Å². The number of aliphatic carboxylic acids is 1. The van der Waals surface area contributed by atoms with E-state index in [9.17, 15) is 4.79 Å². The van der Waals surface area contributed by atoms with Gasteiger partial charge in [-0.25, -0.2) is 4.79 Å². The number of carboxylic acids is 1. The maximum absolute atomic E-state index is 10.4. The number of carboxylic acid groups (broad SMARTS) is 1. The first-order valence-electron chi connectivity index (χ1n) is 5.37. The van der Waals surface area contributed by atoms with Crippen molar-refractivity contribution in [3.8, 4) is 11.5 Å². The largest absolute Gasteiger partial charge is 0.493 e. The molecule has 0 heterocycles. The monoisotopic (exact) mass is 238 g/mol. The molecule has 0 spiro atoms. The number of rotatable bonds is 4. The summed E-state index contributed by atoms with van der Waals surface area (Å²) in [5.74, 6) is -0.00599. The molecule has 94 valence electrons. The van der Waals surface area contributed by atoms with Gasteiger partial charge in [0.15, 0.2) is 18.1 Å². The van der Waals surface area contributed by atoms with Crippen LogP contribution in [0.25, 0.3) is 0 Å². The number of hydrogen-bond acceptors (Lipinski definition) is 3. The second kappa shape index (κ2) is 5.08. The van der Waals surface area contributed by atoms with Gasteiger partial charge in [-0.3, -0.25) is 0 Å². The van der Waals surface area contributed by atoms with Crippen molar-refractivity contribution in [2.45, 2.75) is 26.2 Å². The highest BCUT2D eigenvalue weighted by molar-refractivity contribution is 5.68. The third-order valence-corrected chi connectivity index (χ3v) is 2.38. The SMILES string of the molecule is COc1cc(C(C)(C)C)ccc1OCC(=O)O. The molecule has 4 nitrogen and oxygen atoms in total. The number of methoxy groups -OCH3 is 1. The zero-order valence-corrected chi connectivity index (χ0v) is 10.6. The van der Waals surface area contributed by atoms with Crippen LogP contribution in [-0.4, -0.2) is 24.8 Å². The molecule has 4 heteroatoms. The average Bonchev–Trinajstić information content (AvgIpc) is 2.24. The van der Waals surface area contributed by atoms with Crippen LogP contribution in [0.5, 0.6) is 11.5 Å². The van der Waals surface area contributed by atoms with Gasteiger partial charge in [-0.05, 0) is 23.1 Å². The Morgan fingerprint density at radius 2 is 1.94 bits per heavy atom. The predicted octanol–water partition coefficient (Wildman–Crippen LogP) is 2.46. The minimum absolute atomic E-state index is 0.0125. The molecule has 0 atom stereocenters. The highest BCUT2D eigenvalue weighted by Gasteiger charge is 2.16. The fourth-order valence-electron chi connectivity index (χ4n) is 1.39. The van der Waals surface area contributed by atoms with Gasteiger partial charge in [0.05, 0.1) is 7.11 Å². The van der Waals surface area contributed by atoms with Crippen molar-refractivity contribution >= 4 is 5.97 Å². The van der Waals surface area contributed by atoms with E-state index in [4.69, 9.17) is 14.6 Å². The van der Waals surface area contributed by atoms with E-state index in [1.807, 2.05) is 12.1 Å².